The second kappa shape index (κ2) is 18.0. The van der Waals surface area contributed by atoms with Gasteiger partial charge in [-0.2, -0.15) is 0 Å². The molecule has 0 bridgehead atoms. The Hall–Kier alpha value is -0.0800. The number of hydrogen-bond donors (Lipinski definition) is 0. The molecule has 0 aliphatic rings. The summed E-state index contributed by atoms with van der Waals surface area (Å²) in [4.78, 5) is 0. The molecule has 2 heteroatoms. The molecule has 21 heavy (non-hydrogen) atoms. The van der Waals surface area contributed by atoms with E-state index in [1.54, 1.807) is 0 Å². The fourth-order valence-corrected chi connectivity index (χ4v) is 2.45. The molecule has 0 spiro atoms. The SMILES string of the molecule is CCCCCCCCOCC(C)OCCCCCCCC. The molecule has 0 rings (SSSR count). The van der Waals surface area contributed by atoms with Gasteiger partial charge in [0.2, 0.25) is 0 Å². The Morgan fingerprint density at radius 3 is 1.67 bits per heavy atom. The predicted molar refractivity (Wildman–Crippen MR) is 93.0 cm³/mol. The summed E-state index contributed by atoms with van der Waals surface area (Å²) in [5, 5.41) is 0. The third-order valence-electron chi connectivity index (χ3n) is 3.90. The predicted octanol–water partition coefficient (Wildman–Crippen LogP) is 6.13. The first kappa shape index (κ1) is 20.9. The monoisotopic (exact) mass is 300 g/mol. The van der Waals surface area contributed by atoms with Crippen molar-refractivity contribution in [1.29, 1.82) is 0 Å². The standard InChI is InChI=1S/C19H40O2/c1-4-6-8-10-12-14-16-20-18-19(3)21-17-15-13-11-9-7-5-2/h19H,4-18H2,1-3H3. The number of unbranched alkanes of at least 4 members (excludes halogenated alkanes) is 10. The van der Waals surface area contributed by atoms with Gasteiger partial charge < -0.3 is 9.47 Å². The van der Waals surface area contributed by atoms with Crippen LogP contribution in [-0.4, -0.2) is 25.9 Å². The molecule has 0 aromatic heterocycles. The Kier molecular flexibility index (Phi) is 17.9. The Balaban J connectivity index is 3.11. The van der Waals surface area contributed by atoms with Gasteiger partial charge in [-0.25, -0.2) is 0 Å². The molecule has 0 radical (unpaired) electrons. The normalized spacial score (nSPS) is 12.7. The fourth-order valence-electron chi connectivity index (χ4n) is 2.45. The van der Waals surface area contributed by atoms with E-state index in [4.69, 9.17) is 9.47 Å². The molecular formula is C19H40O2. The largest absolute Gasteiger partial charge is 0.379 e. The van der Waals surface area contributed by atoms with Gasteiger partial charge in [0.1, 0.15) is 0 Å². The Morgan fingerprint density at radius 2 is 1.10 bits per heavy atom. The van der Waals surface area contributed by atoms with Gasteiger partial charge in [-0.05, 0) is 19.8 Å². The molecule has 0 aromatic rings. The Bertz CT molecular complexity index is 182. The van der Waals surface area contributed by atoms with Gasteiger partial charge in [0, 0.05) is 13.2 Å². The smallest absolute Gasteiger partial charge is 0.0780 e. The van der Waals surface area contributed by atoms with Crippen LogP contribution >= 0.6 is 0 Å². The Morgan fingerprint density at radius 1 is 0.619 bits per heavy atom. The van der Waals surface area contributed by atoms with Gasteiger partial charge in [-0.1, -0.05) is 78.1 Å². The average Bonchev–Trinajstić information content (AvgIpc) is 2.49. The van der Waals surface area contributed by atoms with E-state index in [1.807, 2.05) is 0 Å². The highest BCUT2D eigenvalue weighted by Crippen LogP contribution is 2.07. The van der Waals surface area contributed by atoms with E-state index in [9.17, 15) is 0 Å². The highest BCUT2D eigenvalue weighted by atomic mass is 16.5. The van der Waals surface area contributed by atoms with Crippen molar-refractivity contribution < 1.29 is 9.47 Å². The second-order valence-corrected chi connectivity index (χ2v) is 6.29. The molecule has 128 valence electrons. The summed E-state index contributed by atoms with van der Waals surface area (Å²) < 4.78 is 11.5. The van der Waals surface area contributed by atoms with Crippen molar-refractivity contribution in [2.75, 3.05) is 19.8 Å². The van der Waals surface area contributed by atoms with E-state index in [0.29, 0.717) is 0 Å². The van der Waals surface area contributed by atoms with Crippen LogP contribution < -0.4 is 0 Å². The van der Waals surface area contributed by atoms with E-state index in [1.165, 1.54) is 77.0 Å². The molecule has 0 aromatic carbocycles. The van der Waals surface area contributed by atoms with E-state index in [-0.39, 0.29) is 6.10 Å². The molecule has 0 aliphatic heterocycles. The maximum atomic E-state index is 5.78. The molecule has 0 aliphatic carbocycles. The summed E-state index contributed by atoms with van der Waals surface area (Å²) >= 11 is 0. The van der Waals surface area contributed by atoms with Crippen molar-refractivity contribution in [3.05, 3.63) is 0 Å². The van der Waals surface area contributed by atoms with Gasteiger partial charge in [-0.3, -0.25) is 0 Å². The van der Waals surface area contributed by atoms with Gasteiger partial charge in [0.25, 0.3) is 0 Å². The van der Waals surface area contributed by atoms with Crippen molar-refractivity contribution in [2.45, 2.75) is 104 Å². The van der Waals surface area contributed by atoms with Gasteiger partial charge >= 0.3 is 0 Å². The fraction of sp³-hybridized carbons (Fsp3) is 1.00. The topological polar surface area (TPSA) is 18.5 Å². The zero-order chi connectivity index (χ0) is 15.6. The van der Waals surface area contributed by atoms with Crippen LogP contribution in [0.3, 0.4) is 0 Å². The minimum Gasteiger partial charge on any atom is -0.379 e. The summed E-state index contributed by atoms with van der Waals surface area (Å²) in [5.74, 6) is 0. The van der Waals surface area contributed by atoms with E-state index in [2.05, 4.69) is 20.8 Å². The van der Waals surface area contributed by atoms with E-state index < -0.39 is 0 Å². The molecule has 1 atom stereocenters. The van der Waals surface area contributed by atoms with Crippen LogP contribution in [-0.2, 0) is 9.47 Å². The second-order valence-electron chi connectivity index (χ2n) is 6.29. The summed E-state index contributed by atoms with van der Waals surface area (Å²) in [7, 11) is 0. The van der Waals surface area contributed by atoms with Crippen LogP contribution in [0.1, 0.15) is 97.8 Å². The zero-order valence-electron chi connectivity index (χ0n) is 15.0. The van der Waals surface area contributed by atoms with Gasteiger partial charge in [0.05, 0.1) is 12.7 Å². The van der Waals surface area contributed by atoms with Crippen molar-refractivity contribution in [3.8, 4) is 0 Å². The summed E-state index contributed by atoms with van der Waals surface area (Å²) in [6.45, 7) is 9.19. The lowest BCUT2D eigenvalue weighted by Gasteiger charge is -2.13. The number of ether oxygens (including phenoxy) is 2. The van der Waals surface area contributed by atoms with Crippen molar-refractivity contribution in [1.82, 2.24) is 0 Å². The molecular weight excluding hydrogens is 260 g/mol. The summed E-state index contributed by atoms with van der Waals surface area (Å²) in [6.07, 6.45) is 16.2. The molecule has 0 saturated carbocycles. The lowest BCUT2D eigenvalue weighted by Crippen LogP contribution is -2.17. The number of rotatable bonds is 17. The molecule has 2 nitrogen and oxygen atoms in total. The highest BCUT2D eigenvalue weighted by Gasteiger charge is 2.02. The first-order chi connectivity index (χ1) is 10.3. The molecule has 0 fully saturated rings. The third-order valence-corrected chi connectivity index (χ3v) is 3.90. The molecule has 0 amide bonds. The van der Waals surface area contributed by atoms with E-state index in [0.717, 1.165) is 19.8 Å². The quantitative estimate of drug-likeness (QED) is 0.301. The first-order valence-electron chi connectivity index (χ1n) is 9.50. The molecule has 1 unspecified atom stereocenters. The highest BCUT2D eigenvalue weighted by molar-refractivity contribution is 4.50. The van der Waals surface area contributed by atoms with Crippen LogP contribution in [0.25, 0.3) is 0 Å². The minimum absolute atomic E-state index is 0.251. The van der Waals surface area contributed by atoms with Crippen molar-refractivity contribution in [3.63, 3.8) is 0 Å². The van der Waals surface area contributed by atoms with Crippen molar-refractivity contribution in [2.24, 2.45) is 0 Å². The van der Waals surface area contributed by atoms with Crippen LogP contribution in [0, 0.1) is 0 Å². The lowest BCUT2D eigenvalue weighted by molar-refractivity contribution is -0.00869. The summed E-state index contributed by atoms with van der Waals surface area (Å²) in [5.41, 5.74) is 0. The lowest BCUT2D eigenvalue weighted by atomic mass is 10.1. The van der Waals surface area contributed by atoms with E-state index >= 15 is 0 Å². The maximum Gasteiger partial charge on any atom is 0.0780 e. The minimum atomic E-state index is 0.251. The van der Waals surface area contributed by atoms with Crippen LogP contribution in [0.15, 0.2) is 0 Å². The third kappa shape index (κ3) is 17.9. The van der Waals surface area contributed by atoms with Gasteiger partial charge in [-0.15, -0.1) is 0 Å². The Labute approximate surface area is 134 Å². The average molecular weight is 301 g/mol. The molecule has 0 saturated heterocycles. The van der Waals surface area contributed by atoms with Gasteiger partial charge in [0.15, 0.2) is 0 Å². The summed E-state index contributed by atoms with van der Waals surface area (Å²) in [6, 6.07) is 0. The van der Waals surface area contributed by atoms with Crippen LogP contribution in [0.2, 0.25) is 0 Å². The molecule has 0 N–H and O–H groups in total. The zero-order valence-corrected chi connectivity index (χ0v) is 15.0. The first-order valence-corrected chi connectivity index (χ1v) is 9.50. The maximum absolute atomic E-state index is 5.78. The van der Waals surface area contributed by atoms with Crippen LogP contribution in [0.4, 0.5) is 0 Å². The van der Waals surface area contributed by atoms with Crippen molar-refractivity contribution >= 4 is 0 Å². The molecule has 0 heterocycles. The number of hydrogen-bond acceptors (Lipinski definition) is 2. The van der Waals surface area contributed by atoms with Crippen LogP contribution in [0.5, 0.6) is 0 Å².